The molecule has 220 valence electrons. The van der Waals surface area contributed by atoms with Crippen LogP contribution in [0.5, 0.6) is 0 Å². The SMILES string of the molecule is CCc1nn(Cc2ccc(-c3ccccc3-c3nnnn3C(c3ccccc3)(c3ccccc3)c3ccccc3)cc2)c(=N)s1. The lowest BCUT2D eigenvalue weighted by Crippen LogP contribution is -2.39. The number of nitrogens with zero attached hydrogens (tertiary/aromatic N) is 6. The summed E-state index contributed by atoms with van der Waals surface area (Å²) in [5.74, 6) is 0.662. The summed E-state index contributed by atoms with van der Waals surface area (Å²) in [6, 6.07) is 48.0. The van der Waals surface area contributed by atoms with Crippen LogP contribution in [0.1, 0.15) is 34.2 Å². The lowest BCUT2D eigenvalue weighted by Gasteiger charge is -2.36. The smallest absolute Gasteiger partial charge is 0.200 e. The minimum atomic E-state index is -0.838. The van der Waals surface area contributed by atoms with Crippen LogP contribution in [-0.4, -0.2) is 30.0 Å². The molecule has 0 atom stereocenters. The van der Waals surface area contributed by atoms with Crippen molar-refractivity contribution in [3.8, 4) is 22.5 Å². The van der Waals surface area contributed by atoms with E-state index in [2.05, 4.69) is 132 Å². The fourth-order valence-electron chi connectivity index (χ4n) is 5.99. The van der Waals surface area contributed by atoms with E-state index in [-0.39, 0.29) is 0 Å². The number of rotatable bonds is 9. The third kappa shape index (κ3) is 5.19. The van der Waals surface area contributed by atoms with Gasteiger partial charge in [0, 0.05) is 5.56 Å². The minimum Gasteiger partial charge on any atom is -0.274 e. The zero-order valence-corrected chi connectivity index (χ0v) is 25.6. The second kappa shape index (κ2) is 12.3. The van der Waals surface area contributed by atoms with Gasteiger partial charge in [-0.15, -0.1) is 5.10 Å². The van der Waals surface area contributed by atoms with Gasteiger partial charge in [0.05, 0.1) is 6.54 Å². The van der Waals surface area contributed by atoms with Gasteiger partial charge in [0.2, 0.25) is 4.80 Å². The second-order valence-electron chi connectivity index (χ2n) is 10.8. The van der Waals surface area contributed by atoms with E-state index in [0.717, 1.165) is 50.4 Å². The van der Waals surface area contributed by atoms with E-state index in [4.69, 9.17) is 10.6 Å². The Hall–Kier alpha value is -5.47. The lowest BCUT2D eigenvalue weighted by atomic mass is 9.77. The molecule has 0 saturated carbocycles. The maximum absolute atomic E-state index is 8.28. The third-order valence-electron chi connectivity index (χ3n) is 8.11. The number of hydrogen-bond acceptors (Lipinski definition) is 6. The van der Waals surface area contributed by atoms with Crippen molar-refractivity contribution in [3.05, 3.63) is 172 Å². The number of benzene rings is 5. The molecule has 0 aliphatic rings. The number of aromatic nitrogens is 6. The summed E-state index contributed by atoms with van der Waals surface area (Å²) >= 11 is 1.43. The van der Waals surface area contributed by atoms with Crippen LogP contribution in [0.25, 0.3) is 22.5 Å². The first kappa shape index (κ1) is 28.3. The van der Waals surface area contributed by atoms with Crippen molar-refractivity contribution in [1.29, 1.82) is 5.41 Å². The molecular formula is C37H31N7S. The predicted octanol–water partition coefficient (Wildman–Crippen LogP) is 7.20. The molecule has 5 aromatic carbocycles. The second-order valence-corrected chi connectivity index (χ2v) is 11.8. The molecule has 0 amide bonds. The van der Waals surface area contributed by atoms with Gasteiger partial charge in [0.25, 0.3) is 0 Å². The summed E-state index contributed by atoms with van der Waals surface area (Å²) in [6.07, 6.45) is 0.832. The van der Waals surface area contributed by atoms with Gasteiger partial charge in [-0.1, -0.05) is 158 Å². The molecule has 0 fully saturated rings. The highest BCUT2D eigenvalue weighted by atomic mass is 32.1. The summed E-state index contributed by atoms with van der Waals surface area (Å²) in [5.41, 5.74) is 6.42. The Balaban J connectivity index is 1.38. The normalized spacial score (nSPS) is 11.5. The van der Waals surface area contributed by atoms with Crippen LogP contribution in [0.4, 0.5) is 0 Å². The van der Waals surface area contributed by atoms with Crippen molar-refractivity contribution >= 4 is 11.3 Å². The van der Waals surface area contributed by atoms with Crippen molar-refractivity contribution in [2.45, 2.75) is 25.4 Å². The van der Waals surface area contributed by atoms with Crippen molar-refractivity contribution in [2.75, 3.05) is 0 Å². The number of aryl methyl sites for hydroxylation is 1. The molecule has 7 rings (SSSR count). The lowest BCUT2D eigenvalue weighted by molar-refractivity contribution is 0.451. The Labute approximate surface area is 265 Å². The number of tetrazole rings is 1. The fourth-order valence-corrected chi connectivity index (χ4v) is 6.71. The van der Waals surface area contributed by atoms with Crippen LogP contribution in [-0.2, 0) is 18.5 Å². The maximum Gasteiger partial charge on any atom is 0.200 e. The van der Waals surface area contributed by atoms with E-state index in [1.807, 2.05) is 35.0 Å². The quantitative estimate of drug-likeness (QED) is 0.177. The van der Waals surface area contributed by atoms with Crippen molar-refractivity contribution in [2.24, 2.45) is 0 Å². The van der Waals surface area contributed by atoms with Gasteiger partial charge in [-0.05, 0) is 50.2 Å². The molecular weight excluding hydrogens is 575 g/mol. The summed E-state index contributed by atoms with van der Waals surface area (Å²) in [6.45, 7) is 2.62. The Morgan fingerprint density at radius 3 is 1.73 bits per heavy atom. The molecule has 0 spiro atoms. The minimum absolute atomic E-state index is 0.465. The van der Waals surface area contributed by atoms with Crippen LogP contribution in [0.2, 0.25) is 0 Å². The van der Waals surface area contributed by atoms with Crippen LogP contribution in [0, 0.1) is 5.41 Å². The molecule has 1 N–H and O–H groups in total. The largest absolute Gasteiger partial charge is 0.274 e. The molecule has 0 aliphatic heterocycles. The maximum atomic E-state index is 8.28. The Kier molecular flexibility index (Phi) is 7.71. The number of nitrogens with one attached hydrogen (secondary N) is 1. The van der Waals surface area contributed by atoms with Crippen LogP contribution < -0.4 is 4.80 Å². The summed E-state index contributed by atoms with van der Waals surface area (Å²) in [7, 11) is 0. The van der Waals surface area contributed by atoms with Crippen molar-refractivity contribution in [1.82, 2.24) is 30.0 Å². The molecule has 0 radical (unpaired) electrons. The summed E-state index contributed by atoms with van der Waals surface area (Å²) in [4.78, 5) is 0.465. The third-order valence-corrected chi connectivity index (χ3v) is 9.12. The van der Waals surface area contributed by atoms with Gasteiger partial charge in [0.15, 0.2) is 5.82 Å². The van der Waals surface area contributed by atoms with Gasteiger partial charge in [0.1, 0.15) is 10.5 Å². The molecule has 45 heavy (non-hydrogen) atoms. The molecule has 0 bridgehead atoms. The first-order chi connectivity index (χ1) is 22.2. The van der Waals surface area contributed by atoms with Crippen molar-refractivity contribution in [3.63, 3.8) is 0 Å². The highest BCUT2D eigenvalue weighted by Gasteiger charge is 2.42. The van der Waals surface area contributed by atoms with Crippen LogP contribution >= 0.6 is 11.3 Å². The first-order valence-corrected chi connectivity index (χ1v) is 15.8. The highest BCUT2D eigenvalue weighted by Crippen LogP contribution is 2.43. The molecule has 0 aliphatic carbocycles. The zero-order valence-electron chi connectivity index (χ0n) is 24.8. The van der Waals surface area contributed by atoms with E-state index in [9.17, 15) is 0 Å². The number of hydrogen-bond donors (Lipinski definition) is 1. The van der Waals surface area contributed by atoms with E-state index < -0.39 is 5.54 Å². The Morgan fingerprint density at radius 2 is 1.20 bits per heavy atom. The molecule has 0 saturated heterocycles. The van der Waals surface area contributed by atoms with E-state index >= 15 is 0 Å². The van der Waals surface area contributed by atoms with E-state index in [1.54, 1.807) is 4.68 Å². The molecule has 8 heteroatoms. The van der Waals surface area contributed by atoms with Gasteiger partial charge in [-0.3, -0.25) is 5.41 Å². The molecule has 2 heterocycles. The predicted molar refractivity (Wildman–Crippen MR) is 178 cm³/mol. The van der Waals surface area contributed by atoms with Crippen molar-refractivity contribution < 1.29 is 0 Å². The average molecular weight is 606 g/mol. The van der Waals surface area contributed by atoms with Gasteiger partial charge < -0.3 is 0 Å². The first-order valence-electron chi connectivity index (χ1n) is 14.9. The van der Waals surface area contributed by atoms with Crippen LogP contribution in [0.3, 0.4) is 0 Å². The topological polar surface area (TPSA) is 85.3 Å². The monoisotopic (exact) mass is 605 g/mol. The Morgan fingerprint density at radius 1 is 0.667 bits per heavy atom. The average Bonchev–Trinajstić information content (AvgIpc) is 3.74. The molecule has 7 nitrogen and oxygen atoms in total. The highest BCUT2D eigenvalue weighted by molar-refractivity contribution is 7.08. The standard InChI is InChI=1S/C37H31N7S/c1-2-34-40-43(36(38)45-34)26-27-22-24-28(25-23-27)32-20-12-13-21-33(32)35-39-41-42-44(35)37(29-14-6-3-7-15-29,30-16-8-4-9-17-30)31-18-10-5-11-19-31/h3-25,38H,2,26H2,1H3. The Bertz CT molecular complexity index is 1980. The van der Waals surface area contributed by atoms with Crippen LogP contribution in [0.15, 0.2) is 140 Å². The zero-order chi connectivity index (χ0) is 30.6. The van der Waals surface area contributed by atoms with Gasteiger partial charge in [-0.2, -0.15) is 5.10 Å². The molecule has 7 aromatic rings. The van der Waals surface area contributed by atoms with E-state index in [0.29, 0.717) is 17.2 Å². The van der Waals surface area contributed by atoms with E-state index in [1.165, 1.54) is 11.3 Å². The fraction of sp³-hybridized carbons (Fsp3) is 0.108. The summed E-state index contributed by atoms with van der Waals surface area (Å²) in [5, 5.41) is 27.5. The van der Waals surface area contributed by atoms with Gasteiger partial charge in [-0.25, -0.2) is 9.36 Å². The molecule has 0 unspecified atom stereocenters. The molecule has 2 aromatic heterocycles. The van der Waals surface area contributed by atoms with Gasteiger partial charge >= 0.3 is 0 Å². The summed E-state index contributed by atoms with van der Waals surface area (Å²) < 4.78 is 3.73.